The highest BCUT2D eigenvalue weighted by atomic mass is 32.1. The van der Waals surface area contributed by atoms with E-state index in [9.17, 15) is 5.11 Å². The van der Waals surface area contributed by atoms with Gasteiger partial charge in [-0.1, -0.05) is 38.1 Å². The summed E-state index contributed by atoms with van der Waals surface area (Å²) in [6.45, 7) is 6.33. The van der Waals surface area contributed by atoms with Crippen LogP contribution in [0.4, 0.5) is 5.69 Å². The molecule has 2 rings (SSSR count). The molecule has 0 aliphatic heterocycles. The van der Waals surface area contributed by atoms with Gasteiger partial charge in [-0.25, -0.2) is 0 Å². The Bertz CT molecular complexity index is 726. The molecule has 23 heavy (non-hydrogen) atoms. The minimum atomic E-state index is 0.178. The number of nitrogens with one attached hydrogen (secondary N) is 2. The van der Waals surface area contributed by atoms with Crippen LogP contribution >= 0.6 is 12.2 Å². The lowest BCUT2D eigenvalue weighted by Crippen LogP contribution is -2.24. The zero-order chi connectivity index (χ0) is 16.8. The van der Waals surface area contributed by atoms with Crippen molar-refractivity contribution in [2.24, 2.45) is 5.10 Å². The molecule has 0 aromatic heterocycles. The van der Waals surface area contributed by atoms with Crippen LogP contribution in [0.25, 0.3) is 0 Å². The zero-order valence-corrected chi connectivity index (χ0v) is 14.3. The summed E-state index contributed by atoms with van der Waals surface area (Å²) in [6, 6.07) is 13.2. The summed E-state index contributed by atoms with van der Waals surface area (Å²) in [4.78, 5) is 0. The molecule has 4 nitrogen and oxygen atoms in total. The predicted octanol–water partition coefficient (Wildman–Crippen LogP) is 4.14. The maximum Gasteiger partial charge on any atom is 0.191 e. The van der Waals surface area contributed by atoms with Crippen LogP contribution in [-0.2, 0) is 0 Å². The minimum absolute atomic E-state index is 0.178. The SMILES string of the molecule is Cc1ccc(C(C)C)c(NC(=S)N/N=C/c2ccccc2O)c1. The first-order valence-electron chi connectivity index (χ1n) is 7.46. The number of nitrogens with zero attached hydrogens (tertiary/aromatic N) is 1. The molecule has 2 aromatic rings. The Balaban J connectivity index is 2.03. The number of hydrogen-bond donors (Lipinski definition) is 3. The van der Waals surface area contributed by atoms with E-state index in [-0.39, 0.29) is 5.75 Å². The minimum Gasteiger partial charge on any atom is -0.507 e. The maximum atomic E-state index is 9.67. The third kappa shape index (κ3) is 4.79. The van der Waals surface area contributed by atoms with Gasteiger partial charge >= 0.3 is 0 Å². The fraction of sp³-hybridized carbons (Fsp3) is 0.222. The largest absolute Gasteiger partial charge is 0.507 e. The standard InChI is InChI=1S/C18H21N3OS/c1-12(2)15-9-8-13(3)10-16(15)20-18(23)21-19-11-14-6-4-5-7-17(14)22/h4-12,22H,1-3H3,(H2,20,21,23)/b19-11+. The van der Waals surface area contributed by atoms with Gasteiger partial charge in [-0.2, -0.15) is 5.10 Å². The highest BCUT2D eigenvalue weighted by molar-refractivity contribution is 7.80. The average molecular weight is 327 g/mol. The van der Waals surface area contributed by atoms with Crippen LogP contribution in [0, 0.1) is 6.92 Å². The number of phenolic OH excluding ortho intramolecular Hbond substituents is 1. The second-order valence-electron chi connectivity index (χ2n) is 5.63. The lowest BCUT2D eigenvalue weighted by Gasteiger charge is -2.15. The van der Waals surface area contributed by atoms with Gasteiger partial charge in [0, 0.05) is 11.3 Å². The van der Waals surface area contributed by atoms with Crippen molar-refractivity contribution in [3.63, 3.8) is 0 Å². The van der Waals surface area contributed by atoms with Gasteiger partial charge in [0.2, 0.25) is 0 Å². The average Bonchev–Trinajstić information content (AvgIpc) is 2.49. The molecule has 3 N–H and O–H groups in total. The fourth-order valence-electron chi connectivity index (χ4n) is 2.19. The molecule has 0 spiro atoms. The number of rotatable bonds is 4. The van der Waals surface area contributed by atoms with E-state index in [0.29, 0.717) is 16.6 Å². The van der Waals surface area contributed by atoms with Crippen LogP contribution in [-0.4, -0.2) is 16.4 Å². The Morgan fingerprint density at radius 2 is 1.96 bits per heavy atom. The number of phenols is 1. The molecule has 2 aromatic carbocycles. The molecule has 0 aliphatic rings. The van der Waals surface area contributed by atoms with E-state index in [1.54, 1.807) is 18.2 Å². The third-order valence-electron chi connectivity index (χ3n) is 3.39. The van der Waals surface area contributed by atoms with Crippen molar-refractivity contribution in [1.82, 2.24) is 5.43 Å². The van der Waals surface area contributed by atoms with Crippen LogP contribution in [0.5, 0.6) is 5.75 Å². The van der Waals surface area contributed by atoms with E-state index >= 15 is 0 Å². The van der Waals surface area contributed by atoms with Gasteiger partial charge in [-0.3, -0.25) is 5.43 Å². The molecular weight excluding hydrogens is 306 g/mol. The van der Waals surface area contributed by atoms with Crippen molar-refractivity contribution in [1.29, 1.82) is 0 Å². The molecule has 0 saturated heterocycles. The maximum absolute atomic E-state index is 9.67. The summed E-state index contributed by atoms with van der Waals surface area (Å²) in [5.41, 5.74) is 6.74. The highest BCUT2D eigenvalue weighted by Gasteiger charge is 2.08. The van der Waals surface area contributed by atoms with Crippen molar-refractivity contribution in [2.75, 3.05) is 5.32 Å². The lowest BCUT2D eigenvalue weighted by atomic mass is 9.99. The first kappa shape index (κ1) is 17.0. The van der Waals surface area contributed by atoms with E-state index in [4.69, 9.17) is 12.2 Å². The Kier molecular flexibility index (Phi) is 5.71. The van der Waals surface area contributed by atoms with Crippen LogP contribution in [0.1, 0.15) is 36.5 Å². The molecule has 0 heterocycles. The van der Waals surface area contributed by atoms with Gasteiger partial charge in [-0.05, 0) is 54.4 Å². The number of aromatic hydroxyl groups is 1. The number of para-hydroxylation sites is 1. The van der Waals surface area contributed by atoms with Gasteiger partial charge in [-0.15, -0.1) is 0 Å². The second-order valence-corrected chi connectivity index (χ2v) is 6.04. The molecule has 120 valence electrons. The molecule has 0 aliphatic carbocycles. The number of thiocarbonyl (C=S) groups is 1. The van der Waals surface area contributed by atoms with Crippen LogP contribution in [0.2, 0.25) is 0 Å². The van der Waals surface area contributed by atoms with Crippen molar-refractivity contribution in [3.05, 3.63) is 59.2 Å². The Labute approximate surface area is 142 Å². The molecule has 0 amide bonds. The Morgan fingerprint density at radius 1 is 1.22 bits per heavy atom. The lowest BCUT2D eigenvalue weighted by molar-refractivity contribution is 0.474. The number of aryl methyl sites for hydroxylation is 1. The second kappa shape index (κ2) is 7.74. The number of hydrazone groups is 1. The van der Waals surface area contributed by atoms with Crippen LogP contribution in [0.15, 0.2) is 47.6 Å². The highest BCUT2D eigenvalue weighted by Crippen LogP contribution is 2.25. The Hall–Kier alpha value is -2.40. The van der Waals surface area contributed by atoms with Gasteiger partial charge in [0.1, 0.15) is 5.75 Å². The van der Waals surface area contributed by atoms with E-state index < -0.39 is 0 Å². The number of hydrogen-bond acceptors (Lipinski definition) is 3. The fourth-order valence-corrected chi connectivity index (χ4v) is 2.35. The van der Waals surface area contributed by atoms with E-state index in [0.717, 1.165) is 11.3 Å². The van der Waals surface area contributed by atoms with Gasteiger partial charge < -0.3 is 10.4 Å². The van der Waals surface area contributed by atoms with Crippen molar-refractivity contribution in [2.45, 2.75) is 26.7 Å². The van der Waals surface area contributed by atoms with Crippen molar-refractivity contribution >= 4 is 29.2 Å². The van der Waals surface area contributed by atoms with Gasteiger partial charge in [0.25, 0.3) is 0 Å². The molecular formula is C18H21N3OS. The molecule has 0 bridgehead atoms. The molecule has 0 atom stereocenters. The van der Waals surface area contributed by atoms with E-state index in [1.807, 2.05) is 13.0 Å². The quantitative estimate of drug-likeness (QED) is 0.449. The normalized spacial score (nSPS) is 11.0. The molecule has 5 heteroatoms. The summed E-state index contributed by atoms with van der Waals surface area (Å²) in [5, 5.41) is 17.3. The summed E-state index contributed by atoms with van der Waals surface area (Å²) >= 11 is 5.28. The molecule has 0 radical (unpaired) electrons. The molecule has 0 fully saturated rings. The molecule has 0 saturated carbocycles. The zero-order valence-electron chi connectivity index (χ0n) is 13.5. The summed E-state index contributed by atoms with van der Waals surface area (Å²) in [5.74, 6) is 0.573. The van der Waals surface area contributed by atoms with E-state index in [1.165, 1.54) is 11.8 Å². The van der Waals surface area contributed by atoms with Gasteiger partial charge in [0.05, 0.1) is 6.21 Å². The Morgan fingerprint density at radius 3 is 2.65 bits per heavy atom. The predicted molar refractivity (Wildman–Crippen MR) is 100 cm³/mol. The summed E-state index contributed by atoms with van der Waals surface area (Å²) in [6.07, 6.45) is 1.53. The first-order valence-corrected chi connectivity index (χ1v) is 7.87. The van der Waals surface area contributed by atoms with Crippen LogP contribution < -0.4 is 10.7 Å². The van der Waals surface area contributed by atoms with Crippen molar-refractivity contribution in [3.8, 4) is 5.75 Å². The third-order valence-corrected chi connectivity index (χ3v) is 3.58. The van der Waals surface area contributed by atoms with E-state index in [2.05, 4.69) is 47.9 Å². The van der Waals surface area contributed by atoms with Crippen molar-refractivity contribution < 1.29 is 5.11 Å². The topological polar surface area (TPSA) is 56.7 Å². The molecule has 0 unspecified atom stereocenters. The number of benzene rings is 2. The number of anilines is 1. The first-order chi connectivity index (χ1) is 11.0. The monoisotopic (exact) mass is 327 g/mol. The smallest absolute Gasteiger partial charge is 0.191 e. The van der Waals surface area contributed by atoms with Crippen LogP contribution in [0.3, 0.4) is 0 Å². The summed E-state index contributed by atoms with van der Waals surface area (Å²) < 4.78 is 0. The van der Waals surface area contributed by atoms with Gasteiger partial charge in [0.15, 0.2) is 5.11 Å². The summed E-state index contributed by atoms with van der Waals surface area (Å²) in [7, 11) is 0.